The first-order chi connectivity index (χ1) is 12.7. The molecular weight excluding hydrogens is 366 g/mol. The minimum atomic E-state index is -3.70. The molecular formula is C19H25N3O4S. The number of pyridine rings is 1. The lowest BCUT2D eigenvalue weighted by atomic mass is 10.1. The van der Waals surface area contributed by atoms with Crippen molar-refractivity contribution in [1.29, 1.82) is 0 Å². The predicted octanol–water partition coefficient (Wildman–Crippen LogP) is 2.13. The van der Waals surface area contributed by atoms with Gasteiger partial charge in [0.2, 0.25) is 15.9 Å². The number of nitrogens with zero attached hydrogens (tertiary/aromatic N) is 2. The van der Waals surface area contributed by atoms with Crippen molar-refractivity contribution in [2.24, 2.45) is 0 Å². The molecule has 2 rings (SSSR count). The fraction of sp³-hybridized carbons (Fsp3) is 0.368. The summed E-state index contributed by atoms with van der Waals surface area (Å²) in [6, 6.07) is 8.06. The lowest BCUT2D eigenvalue weighted by molar-refractivity contribution is -0.116. The number of nitrogens with one attached hydrogen (secondary N) is 1. The van der Waals surface area contributed by atoms with Crippen molar-refractivity contribution in [2.45, 2.75) is 39.1 Å². The highest BCUT2D eigenvalue weighted by Crippen LogP contribution is 2.16. The number of anilines is 1. The monoisotopic (exact) mass is 391 g/mol. The fourth-order valence-corrected chi connectivity index (χ4v) is 4.27. The number of carbonyl (C=O) groups excluding carboxylic acids is 1. The molecule has 0 fully saturated rings. The second-order valence-electron chi connectivity index (χ2n) is 6.29. The van der Waals surface area contributed by atoms with Crippen molar-refractivity contribution in [3.8, 4) is 0 Å². The molecule has 0 aliphatic heterocycles. The summed E-state index contributed by atoms with van der Waals surface area (Å²) < 4.78 is 27.6. The van der Waals surface area contributed by atoms with Crippen molar-refractivity contribution >= 4 is 21.6 Å². The van der Waals surface area contributed by atoms with Gasteiger partial charge in [0.1, 0.15) is 6.54 Å². The van der Waals surface area contributed by atoms with Gasteiger partial charge in [-0.2, -0.15) is 4.31 Å². The molecule has 0 bridgehead atoms. The van der Waals surface area contributed by atoms with Crippen LogP contribution in [0.1, 0.15) is 25.0 Å². The maximum absolute atomic E-state index is 12.6. The molecule has 8 heteroatoms. The molecule has 0 saturated carbocycles. The smallest absolute Gasteiger partial charge is 0.251 e. The highest BCUT2D eigenvalue weighted by molar-refractivity contribution is 7.89. The molecule has 0 radical (unpaired) electrons. The Morgan fingerprint density at radius 3 is 2.37 bits per heavy atom. The van der Waals surface area contributed by atoms with Crippen molar-refractivity contribution in [2.75, 3.05) is 18.4 Å². The third-order valence-corrected chi connectivity index (χ3v) is 6.30. The summed E-state index contributed by atoms with van der Waals surface area (Å²) in [6.45, 7) is 7.71. The molecule has 0 spiro atoms. The standard InChI is InChI=1S/C19H25N3O4S/c1-5-22(6-2)27(25,26)16-8-10-19(24)21(12-16)13-18(23)20-17-9-7-14(3)11-15(17)4/h7-12H,5-6,13H2,1-4H3,(H,20,23). The van der Waals surface area contributed by atoms with Crippen LogP contribution in [0.25, 0.3) is 0 Å². The number of sulfonamides is 1. The van der Waals surface area contributed by atoms with E-state index >= 15 is 0 Å². The maximum Gasteiger partial charge on any atom is 0.251 e. The first-order valence-corrected chi connectivity index (χ1v) is 10.2. The number of aromatic nitrogens is 1. The Kier molecular flexibility index (Phi) is 6.56. The largest absolute Gasteiger partial charge is 0.324 e. The third kappa shape index (κ3) is 4.84. The van der Waals surface area contributed by atoms with E-state index in [0.717, 1.165) is 15.7 Å². The van der Waals surface area contributed by atoms with Gasteiger partial charge in [-0.15, -0.1) is 0 Å². The van der Waals surface area contributed by atoms with E-state index in [9.17, 15) is 18.0 Å². The van der Waals surface area contributed by atoms with E-state index in [0.29, 0.717) is 18.8 Å². The zero-order valence-electron chi connectivity index (χ0n) is 16.0. The summed E-state index contributed by atoms with van der Waals surface area (Å²) in [4.78, 5) is 24.4. The van der Waals surface area contributed by atoms with Gasteiger partial charge in [0.15, 0.2) is 0 Å². The topological polar surface area (TPSA) is 88.5 Å². The third-order valence-electron chi connectivity index (χ3n) is 4.27. The van der Waals surface area contributed by atoms with Gasteiger partial charge in [-0.1, -0.05) is 31.5 Å². The molecule has 0 aliphatic carbocycles. The van der Waals surface area contributed by atoms with Crippen molar-refractivity contribution in [3.63, 3.8) is 0 Å². The molecule has 0 saturated heterocycles. The molecule has 1 heterocycles. The molecule has 27 heavy (non-hydrogen) atoms. The highest BCUT2D eigenvalue weighted by Gasteiger charge is 2.22. The maximum atomic E-state index is 12.6. The average Bonchev–Trinajstić information content (AvgIpc) is 2.60. The van der Waals surface area contributed by atoms with Crippen LogP contribution in [0.5, 0.6) is 0 Å². The van der Waals surface area contributed by atoms with Gasteiger partial charge in [-0.25, -0.2) is 8.42 Å². The molecule has 146 valence electrons. The van der Waals surface area contributed by atoms with E-state index in [2.05, 4.69) is 5.32 Å². The minimum absolute atomic E-state index is 0.00915. The van der Waals surface area contributed by atoms with Crippen molar-refractivity contribution < 1.29 is 13.2 Å². The van der Waals surface area contributed by atoms with E-state index in [4.69, 9.17) is 0 Å². The van der Waals surface area contributed by atoms with Crippen molar-refractivity contribution in [3.05, 3.63) is 58.0 Å². The second-order valence-corrected chi connectivity index (χ2v) is 8.22. The van der Waals surface area contributed by atoms with Crippen LogP contribution in [-0.4, -0.2) is 36.3 Å². The van der Waals surface area contributed by atoms with Crippen LogP contribution >= 0.6 is 0 Å². The molecule has 2 aromatic rings. The Labute approximate surface area is 159 Å². The molecule has 1 aromatic carbocycles. The summed E-state index contributed by atoms with van der Waals surface area (Å²) in [5.41, 5.74) is 2.21. The number of benzene rings is 1. The molecule has 1 N–H and O–H groups in total. The first kappa shape index (κ1) is 20.9. The lowest BCUT2D eigenvalue weighted by Crippen LogP contribution is -2.33. The molecule has 0 atom stereocenters. The molecule has 1 aromatic heterocycles. The van der Waals surface area contributed by atoms with Crippen LogP contribution in [0.3, 0.4) is 0 Å². The van der Waals surface area contributed by atoms with Crippen LogP contribution in [0.4, 0.5) is 5.69 Å². The van der Waals surface area contributed by atoms with E-state index < -0.39 is 21.5 Å². The zero-order chi connectivity index (χ0) is 20.2. The van der Waals surface area contributed by atoms with Gasteiger partial charge in [0.25, 0.3) is 5.56 Å². The van der Waals surface area contributed by atoms with Gasteiger partial charge in [-0.05, 0) is 31.5 Å². The van der Waals surface area contributed by atoms with Gasteiger partial charge < -0.3 is 9.88 Å². The van der Waals surface area contributed by atoms with Crippen molar-refractivity contribution in [1.82, 2.24) is 8.87 Å². The van der Waals surface area contributed by atoms with Crippen LogP contribution in [0, 0.1) is 13.8 Å². The number of amides is 1. The summed E-state index contributed by atoms with van der Waals surface area (Å²) in [5.74, 6) is -0.401. The second kappa shape index (κ2) is 8.49. The van der Waals surface area contributed by atoms with Crippen LogP contribution < -0.4 is 10.9 Å². The van der Waals surface area contributed by atoms with Gasteiger partial charge in [-0.3, -0.25) is 9.59 Å². The quantitative estimate of drug-likeness (QED) is 0.783. The lowest BCUT2D eigenvalue weighted by Gasteiger charge is -2.19. The molecule has 0 unspecified atom stereocenters. The number of hydrogen-bond donors (Lipinski definition) is 1. The zero-order valence-corrected chi connectivity index (χ0v) is 16.8. The summed E-state index contributed by atoms with van der Waals surface area (Å²) in [7, 11) is -3.70. The normalized spacial score (nSPS) is 11.6. The Balaban J connectivity index is 2.26. The Morgan fingerprint density at radius 2 is 1.78 bits per heavy atom. The molecule has 1 amide bonds. The minimum Gasteiger partial charge on any atom is -0.324 e. The summed E-state index contributed by atoms with van der Waals surface area (Å²) >= 11 is 0. The van der Waals surface area contributed by atoms with Gasteiger partial charge in [0.05, 0.1) is 4.90 Å². The highest BCUT2D eigenvalue weighted by atomic mass is 32.2. The van der Waals surface area contributed by atoms with Gasteiger partial charge in [0, 0.05) is 31.0 Å². The van der Waals surface area contributed by atoms with E-state index in [1.54, 1.807) is 19.9 Å². The van der Waals surface area contributed by atoms with E-state index in [1.165, 1.54) is 22.6 Å². The summed E-state index contributed by atoms with van der Waals surface area (Å²) in [6.07, 6.45) is 1.22. The molecule has 7 nitrogen and oxygen atoms in total. The Hall–Kier alpha value is -2.45. The van der Waals surface area contributed by atoms with Crippen LogP contribution in [-0.2, 0) is 21.4 Å². The number of hydrogen-bond acceptors (Lipinski definition) is 4. The van der Waals surface area contributed by atoms with E-state index in [-0.39, 0.29) is 11.4 Å². The molecule has 0 aliphatic rings. The SMILES string of the molecule is CCN(CC)S(=O)(=O)c1ccc(=O)n(CC(=O)Nc2ccc(C)cc2C)c1. The first-order valence-electron chi connectivity index (χ1n) is 8.76. The van der Waals surface area contributed by atoms with Crippen LogP contribution in [0.15, 0.2) is 46.2 Å². The Morgan fingerprint density at radius 1 is 1.11 bits per heavy atom. The van der Waals surface area contributed by atoms with E-state index in [1.807, 2.05) is 26.0 Å². The van der Waals surface area contributed by atoms with Crippen LogP contribution in [0.2, 0.25) is 0 Å². The Bertz CT molecular complexity index is 992. The fourth-order valence-electron chi connectivity index (χ4n) is 2.80. The number of carbonyl (C=O) groups is 1. The summed E-state index contributed by atoms with van der Waals surface area (Å²) in [5, 5.41) is 2.76. The van der Waals surface area contributed by atoms with Gasteiger partial charge >= 0.3 is 0 Å². The predicted molar refractivity (Wildman–Crippen MR) is 105 cm³/mol. The number of aryl methyl sites for hydroxylation is 2. The average molecular weight is 391 g/mol. The number of rotatable bonds is 7.